The molecule has 1 aromatic rings. The van der Waals surface area contributed by atoms with Gasteiger partial charge in [-0.1, -0.05) is 20.8 Å². The number of amides is 2. The molecule has 2 rings (SSSR count). The Morgan fingerprint density at radius 2 is 2.00 bits per heavy atom. The molecule has 0 saturated carbocycles. The normalized spacial score (nSPS) is 21.0. The zero-order valence-electron chi connectivity index (χ0n) is 13.7. The fourth-order valence-corrected chi connectivity index (χ4v) is 2.71. The van der Waals surface area contributed by atoms with Gasteiger partial charge in [-0.15, -0.1) is 0 Å². The Hall–Kier alpha value is -2.11. The molecule has 2 atom stereocenters. The van der Waals surface area contributed by atoms with Crippen molar-refractivity contribution in [3.8, 4) is 5.75 Å². The van der Waals surface area contributed by atoms with Crippen molar-refractivity contribution in [2.24, 2.45) is 17.3 Å². The van der Waals surface area contributed by atoms with Crippen LogP contribution >= 0.6 is 0 Å². The van der Waals surface area contributed by atoms with Crippen molar-refractivity contribution in [2.45, 2.75) is 20.8 Å². The topological polar surface area (TPSA) is 67.4 Å². The van der Waals surface area contributed by atoms with Crippen molar-refractivity contribution >= 4 is 11.8 Å². The smallest absolute Gasteiger partial charge is 0.233 e. The van der Waals surface area contributed by atoms with E-state index >= 15 is 0 Å². The molecular weight excluding hydrogens is 299 g/mol. The summed E-state index contributed by atoms with van der Waals surface area (Å²) in [5.74, 6) is -0.990. The van der Waals surface area contributed by atoms with Crippen molar-refractivity contribution in [1.82, 2.24) is 10.6 Å². The highest BCUT2D eigenvalue weighted by molar-refractivity contribution is 6.02. The number of halogens is 1. The van der Waals surface area contributed by atoms with Crippen LogP contribution < -0.4 is 15.4 Å². The minimum atomic E-state index is -0.666. The van der Waals surface area contributed by atoms with Crippen molar-refractivity contribution in [1.29, 1.82) is 0 Å². The third kappa shape index (κ3) is 4.43. The predicted octanol–water partition coefficient (Wildman–Crippen LogP) is 1.73. The van der Waals surface area contributed by atoms with Crippen LogP contribution in [0, 0.1) is 23.1 Å². The Morgan fingerprint density at radius 3 is 2.61 bits per heavy atom. The lowest BCUT2D eigenvalue weighted by Crippen LogP contribution is -2.42. The minimum Gasteiger partial charge on any atom is -0.492 e. The Bertz CT molecular complexity index is 566. The maximum absolute atomic E-state index is 12.8. The SMILES string of the molecule is CC(C)(C)[C@@H]1CNC(=O)[C@@H]1C(=O)NCCOc1ccc(F)cc1. The summed E-state index contributed by atoms with van der Waals surface area (Å²) in [4.78, 5) is 24.2. The summed E-state index contributed by atoms with van der Waals surface area (Å²) in [5.41, 5.74) is -0.133. The standard InChI is InChI=1S/C17H23FN2O3/c1-17(2,3)13-10-20-16(22)14(13)15(21)19-8-9-23-12-6-4-11(18)5-7-12/h4-7,13-14H,8-10H2,1-3H3,(H,19,21)(H,20,22)/t13-,14+/m1/s1. The fraction of sp³-hybridized carbons (Fsp3) is 0.529. The second-order valence-corrected chi connectivity index (χ2v) is 6.79. The van der Waals surface area contributed by atoms with Crippen molar-refractivity contribution in [2.75, 3.05) is 19.7 Å². The monoisotopic (exact) mass is 322 g/mol. The molecule has 2 N–H and O–H groups in total. The van der Waals surface area contributed by atoms with Gasteiger partial charge in [-0.05, 0) is 29.7 Å². The zero-order chi connectivity index (χ0) is 17.0. The first-order valence-electron chi connectivity index (χ1n) is 7.73. The van der Waals surface area contributed by atoms with E-state index in [1.807, 2.05) is 20.8 Å². The number of carbonyl (C=O) groups is 2. The van der Waals surface area contributed by atoms with E-state index in [4.69, 9.17) is 4.74 Å². The maximum Gasteiger partial charge on any atom is 0.233 e. The lowest BCUT2D eigenvalue weighted by atomic mass is 9.74. The first kappa shape index (κ1) is 17.2. The predicted molar refractivity (Wildman–Crippen MR) is 84.3 cm³/mol. The summed E-state index contributed by atoms with van der Waals surface area (Å²) in [6.45, 7) is 7.14. The van der Waals surface area contributed by atoms with Gasteiger partial charge in [0.05, 0.1) is 6.54 Å². The lowest BCUT2D eigenvalue weighted by Gasteiger charge is -2.29. The third-order valence-electron chi connectivity index (χ3n) is 4.06. The van der Waals surface area contributed by atoms with Crippen LogP contribution in [0.4, 0.5) is 4.39 Å². The molecule has 0 unspecified atom stereocenters. The highest BCUT2D eigenvalue weighted by Crippen LogP contribution is 2.35. The number of carbonyl (C=O) groups excluding carboxylic acids is 2. The van der Waals surface area contributed by atoms with E-state index < -0.39 is 5.92 Å². The van der Waals surface area contributed by atoms with E-state index in [9.17, 15) is 14.0 Å². The van der Waals surface area contributed by atoms with Crippen LogP contribution in [-0.4, -0.2) is 31.5 Å². The summed E-state index contributed by atoms with van der Waals surface area (Å²) in [5, 5.41) is 5.50. The molecule has 6 heteroatoms. The molecular formula is C17H23FN2O3. The molecule has 0 spiro atoms. The summed E-state index contributed by atoms with van der Waals surface area (Å²) in [7, 11) is 0. The van der Waals surface area contributed by atoms with E-state index in [-0.39, 0.29) is 42.1 Å². The molecule has 2 amide bonds. The molecule has 1 aliphatic heterocycles. The Labute approximate surface area is 135 Å². The molecule has 5 nitrogen and oxygen atoms in total. The summed E-state index contributed by atoms with van der Waals surface area (Å²) < 4.78 is 18.2. The third-order valence-corrected chi connectivity index (χ3v) is 4.06. The van der Waals surface area contributed by atoms with Gasteiger partial charge >= 0.3 is 0 Å². The second kappa shape index (κ2) is 6.98. The van der Waals surface area contributed by atoms with E-state index in [1.54, 1.807) is 0 Å². The van der Waals surface area contributed by atoms with Gasteiger partial charge in [0.1, 0.15) is 24.1 Å². The second-order valence-electron chi connectivity index (χ2n) is 6.79. The molecule has 0 radical (unpaired) electrons. The molecule has 126 valence electrons. The summed E-state index contributed by atoms with van der Waals surface area (Å²) >= 11 is 0. The van der Waals surface area contributed by atoms with Crippen LogP contribution in [0.1, 0.15) is 20.8 Å². The molecule has 1 aliphatic rings. The number of hydrogen-bond acceptors (Lipinski definition) is 3. The average molecular weight is 322 g/mol. The van der Waals surface area contributed by atoms with E-state index in [0.29, 0.717) is 12.3 Å². The van der Waals surface area contributed by atoms with Crippen LogP contribution in [-0.2, 0) is 9.59 Å². The minimum absolute atomic E-state index is 0.0342. The van der Waals surface area contributed by atoms with Crippen molar-refractivity contribution in [3.63, 3.8) is 0 Å². The number of rotatable bonds is 5. The Morgan fingerprint density at radius 1 is 1.35 bits per heavy atom. The number of nitrogens with one attached hydrogen (secondary N) is 2. The van der Waals surface area contributed by atoms with Gasteiger partial charge in [0.25, 0.3) is 0 Å². The zero-order valence-corrected chi connectivity index (χ0v) is 13.7. The van der Waals surface area contributed by atoms with Crippen molar-refractivity contribution < 1.29 is 18.7 Å². The van der Waals surface area contributed by atoms with Crippen LogP contribution in [0.5, 0.6) is 5.75 Å². The van der Waals surface area contributed by atoms with Gasteiger partial charge in [-0.25, -0.2) is 4.39 Å². The fourth-order valence-electron chi connectivity index (χ4n) is 2.71. The highest BCUT2D eigenvalue weighted by Gasteiger charge is 2.45. The molecule has 0 bridgehead atoms. The Kier molecular flexibility index (Phi) is 5.23. The largest absolute Gasteiger partial charge is 0.492 e. The maximum atomic E-state index is 12.8. The van der Waals surface area contributed by atoms with E-state index in [0.717, 1.165) is 0 Å². The molecule has 0 aromatic heterocycles. The lowest BCUT2D eigenvalue weighted by molar-refractivity contribution is -0.135. The molecule has 1 aromatic carbocycles. The van der Waals surface area contributed by atoms with Gasteiger partial charge in [0, 0.05) is 12.5 Å². The van der Waals surface area contributed by atoms with Gasteiger partial charge in [0.2, 0.25) is 11.8 Å². The highest BCUT2D eigenvalue weighted by atomic mass is 19.1. The van der Waals surface area contributed by atoms with Crippen LogP contribution in [0.25, 0.3) is 0 Å². The van der Waals surface area contributed by atoms with Crippen molar-refractivity contribution in [3.05, 3.63) is 30.1 Å². The quantitative estimate of drug-likeness (QED) is 0.641. The first-order valence-corrected chi connectivity index (χ1v) is 7.73. The van der Waals surface area contributed by atoms with E-state index in [1.165, 1.54) is 24.3 Å². The Balaban J connectivity index is 1.82. The average Bonchev–Trinajstić information content (AvgIpc) is 2.87. The van der Waals surface area contributed by atoms with Crippen LogP contribution in [0.2, 0.25) is 0 Å². The van der Waals surface area contributed by atoms with Gasteiger partial charge in [0.15, 0.2) is 0 Å². The molecule has 1 heterocycles. The molecule has 0 aliphatic carbocycles. The van der Waals surface area contributed by atoms with E-state index in [2.05, 4.69) is 10.6 Å². The first-order chi connectivity index (χ1) is 10.8. The molecule has 1 saturated heterocycles. The number of hydrogen-bond donors (Lipinski definition) is 2. The number of benzene rings is 1. The summed E-state index contributed by atoms with van der Waals surface area (Å²) in [6.07, 6.45) is 0. The van der Waals surface area contributed by atoms with Gasteiger partial charge in [-0.3, -0.25) is 9.59 Å². The van der Waals surface area contributed by atoms with Gasteiger partial charge < -0.3 is 15.4 Å². The summed E-state index contributed by atoms with van der Waals surface area (Å²) in [6, 6.07) is 5.67. The van der Waals surface area contributed by atoms with Crippen LogP contribution in [0.3, 0.4) is 0 Å². The van der Waals surface area contributed by atoms with Gasteiger partial charge in [-0.2, -0.15) is 0 Å². The molecule has 23 heavy (non-hydrogen) atoms. The molecule has 1 fully saturated rings. The number of ether oxygens (including phenoxy) is 1. The van der Waals surface area contributed by atoms with Crippen LogP contribution in [0.15, 0.2) is 24.3 Å².